The van der Waals surface area contributed by atoms with Crippen LogP contribution in [0.2, 0.25) is 0 Å². The van der Waals surface area contributed by atoms with Crippen LogP contribution < -0.4 is 0 Å². The number of hydrogen-bond acceptors (Lipinski definition) is 1. The third kappa shape index (κ3) is 1.50. The van der Waals surface area contributed by atoms with Crippen LogP contribution in [0.4, 0.5) is 0 Å². The molecule has 0 amide bonds. The first-order valence-electron chi connectivity index (χ1n) is 3.81. The van der Waals surface area contributed by atoms with Crippen molar-refractivity contribution in [3.8, 4) is 0 Å². The van der Waals surface area contributed by atoms with E-state index in [1.54, 1.807) is 0 Å². The van der Waals surface area contributed by atoms with Crippen molar-refractivity contribution < 1.29 is 5.11 Å². The number of aliphatic hydroxyl groups excluding tert-OH is 1. The predicted octanol–water partition coefficient (Wildman–Crippen LogP) is 1.88. The summed E-state index contributed by atoms with van der Waals surface area (Å²) in [6, 6.07) is 0. The summed E-state index contributed by atoms with van der Waals surface area (Å²) >= 11 is 0. The van der Waals surface area contributed by atoms with Crippen LogP contribution in [-0.4, -0.2) is 11.2 Å². The van der Waals surface area contributed by atoms with Crippen molar-refractivity contribution in [2.75, 3.05) is 0 Å². The highest BCUT2D eigenvalue weighted by Crippen LogP contribution is 2.26. The second kappa shape index (κ2) is 3.05. The van der Waals surface area contributed by atoms with Gasteiger partial charge in [0, 0.05) is 0 Å². The van der Waals surface area contributed by atoms with Crippen LogP contribution in [0, 0.1) is 5.92 Å². The topological polar surface area (TPSA) is 20.2 Å². The number of rotatable bonds is 0. The summed E-state index contributed by atoms with van der Waals surface area (Å²) in [5, 5.41) is 9.40. The maximum Gasteiger partial charge on any atom is 0.0826 e. The molecule has 0 saturated heterocycles. The maximum atomic E-state index is 9.40. The molecule has 1 aliphatic carbocycles. The average Bonchev–Trinajstić information content (AvgIpc) is 1.88. The third-order valence-corrected chi connectivity index (χ3v) is 2.16. The second-order valence-electron chi connectivity index (χ2n) is 3.10. The van der Waals surface area contributed by atoms with Crippen LogP contribution in [0.15, 0.2) is 17.9 Å². The minimum Gasteiger partial charge on any atom is -0.388 e. The van der Waals surface area contributed by atoms with Crippen molar-refractivity contribution in [2.45, 2.75) is 32.3 Å². The van der Waals surface area contributed by atoms with Crippen LogP contribution in [-0.2, 0) is 0 Å². The molecule has 1 rings (SSSR count). The molecule has 1 nitrogen and oxygen atoms in total. The minimum absolute atomic E-state index is 0.263. The molecule has 0 aliphatic heterocycles. The standard InChI is InChI=1S/C9H14O/c1-3-8-5-4-7(2)6-9(8)10/h7,9-10H,1,4-6H2,2H3/t7-,9?/m1/s1. The highest BCUT2D eigenvalue weighted by molar-refractivity contribution is 5.08. The lowest BCUT2D eigenvalue weighted by Gasteiger charge is -2.24. The summed E-state index contributed by atoms with van der Waals surface area (Å²) in [6.07, 6.45) is 2.78. The largest absolute Gasteiger partial charge is 0.388 e. The lowest BCUT2D eigenvalue weighted by molar-refractivity contribution is 0.154. The summed E-state index contributed by atoms with van der Waals surface area (Å²) in [4.78, 5) is 0. The van der Waals surface area contributed by atoms with Crippen LogP contribution in [0.5, 0.6) is 0 Å². The van der Waals surface area contributed by atoms with Crippen LogP contribution in [0.3, 0.4) is 0 Å². The molecule has 0 spiro atoms. The van der Waals surface area contributed by atoms with Gasteiger partial charge in [-0.25, -0.2) is 0 Å². The zero-order valence-corrected chi connectivity index (χ0v) is 6.43. The van der Waals surface area contributed by atoms with E-state index in [0.717, 1.165) is 18.4 Å². The summed E-state index contributed by atoms with van der Waals surface area (Å²) in [6.45, 7) is 5.71. The SMILES string of the molecule is C=C=C1CC[C@@H](C)CC1O. The Bertz CT molecular complexity index is 166. The van der Waals surface area contributed by atoms with E-state index in [-0.39, 0.29) is 6.10 Å². The molecular formula is C9H14O. The Kier molecular flexibility index (Phi) is 2.31. The Morgan fingerprint density at radius 3 is 2.90 bits per heavy atom. The van der Waals surface area contributed by atoms with Crippen molar-refractivity contribution in [1.82, 2.24) is 0 Å². The van der Waals surface area contributed by atoms with E-state index >= 15 is 0 Å². The molecule has 1 saturated carbocycles. The molecule has 56 valence electrons. The van der Waals surface area contributed by atoms with E-state index in [1.807, 2.05) is 0 Å². The van der Waals surface area contributed by atoms with E-state index in [2.05, 4.69) is 19.2 Å². The molecule has 1 unspecified atom stereocenters. The van der Waals surface area contributed by atoms with Gasteiger partial charge in [-0.15, -0.1) is 5.73 Å². The minimum atomic E-state index is -0.263. The normalized spacial score (nSPS) is 33.6. The highest BCUT2D eigenvalue weighted by atomic mass is 16.3. The fraction of sp³-hybridized carbons (Fsp3) is 0.667. The lowest BCUT2D eigenvalue weighted by Crippen LogP contribution is -2.19. The average molecular weight is 138 g/mol. The zero-order chi connectivity index (χ0) is 7.56. The van der Waals surface area contributed by atoms with Gasteiger partial charge in [0.2, 0.25) is 0 Å². The quantitative estimate of drug-likeness (QED) is 0.507. The van der Waals surface area contributed by atoms with Gasteiger partial charge in [-0.2, -0.15) is 0 Å². The van der Waals surface area contributed by atoms with Gasteiger partial charge in [-0.3, -0.25) is 0 Å². The first-order valence-corrected chi connectivity index (χ1v) is 3.81. The summed E-state index contributed by atoms with van der Waals surface area (Å²) in [5.41, 5.74) is 3.79. The molecule has 1 fully saturated rings. The molecule has 1 heteroatoms. The summed E-state index contributed by atoms with van der Waals surface area (Å²) in [5.74, 6) is 0.659. The Morgan fingerprint density at radius 1 is 1.70 bits per heavy atom. The molecule has 2 atom stereocenters. The van der Waals surface area contributed by atoms with E-state index in [4.69, 9.17) is 0 Å². The van der Waals surface area contributed by atoms with Crippen molar-refractivity contribution in [2.24, 2.45) is 5.92 Å². The smallest absolute Gasteiger partial charge is 0.0826 e. The Hall–Kier alpha value is -0.520. The summed E-state index contributed by atoms with van der Waals surface area (Å²) in [7, 11) is 0. The number of aliphatic hydroxyl groups is 1. The van der Waals surface area contributed by atoms with Crippen LogP contribution in [0.25, 0.3) is 0 Å². The van der Waals surface area contributed by atoms with E-state index in [1.165, 1.54) is 6.42 Å². The van der Waals surface area contributed by atoms with E-state index in [9.17, 15) is 5.11 Å². The maximum absolute atomic E-state index is 9.40. The molecule has 0 aromatic rings. The fourth-order valence-electron chi connectivity index (χ4n) is 1.42. The van der Waals surface area contributed by atoms with Gasteiger partial charge in [0.25, 0.3) is 0 Å². The molecule has 0 aromatic carbocycles. The molecule has 0 radical (unpaired) electrons. The van der Waals surface area contributed by atoms with Gasteiger partial charge in [0.1, 0.15) is 0 Å². The van der Waals surface area contributed by atoms with Crippen molar-refractivity contribution in [3.05, 3.63) is 17.9 Å². The molecular weight excluding hydrogens is 124 g/mol. The fourth-order valence-corrected chi connectivity index (χ4v) is 1.42. The van der Waals surface area contributed by atoms with Gasteiger partial charge in [0.15, 0.2) is 0 Å². The highest BCUT2D eigenvalue weighted by Gasteiger charge is 2.20. The number of hydrogen-bond donors (Lipinski definition) is 1. The predicted molar refractivity (Wildman–Crippen MR) is 41.7 cm³/mol. The van der Waals surface area contributed by atoms with Crippen LogP contribution >= 0.6 is 0 Å². The molecule has 1 aliphatic rings. The molecule has 1 N–H and O–H groups in total. The van der Waals surface area contributed by atoms with Crippen molar-refractivity contribution >= 4 is 0 Å². The van der Waals surface area contributed by atoms with Gasteiger partial charge < -0.3 is 5.11 Å². The van der Waals surface area contributed by atoms with Crippen molar-refractivity contribution in [3.63, 3.8) is 0 Å². The first kappa shape index (κ1) is 7.59. The van der Waals surface area contributed by atoms with Gasteiger partial charge >= 0.3 is 0 Å². The van der Waals surface area contributed by atoms with E-state index < -0.39 is 0 Å². The van der Waals surface area contributed by atoms with Gasteiger partial charge in [-0.05, 0) is 30.8 Å². The molecule has 0 heterocycles. The van der Waals surface area contributed by atoms with Crippen molar-refractivity contribution in [1.29, 1.82) is 0 Å². The van der Waals surface area contributed by atoms with Crippen LogP contribution in [0.1, 0.15) is 26.2 Å². The summed E-state index contributed by atoms with van der Waals surface area (Å²) < 4.78 is 0. The molecule has 10 heavy (non-hydrogen) atoms. The third-order valence-electron chi connectivity index (χ3n) is 2.16. The lowest BCUT2D eigenvalue weighted by atomic mass is 9.85. The Morgan fingerprint density at radius 2 is 2.40 bits per heavy atom. The molecule has 0 aromatic heterocycles. The van der Waals surface area contributed by atoms with Gasteiger partial charge in [-0.1, -0.05) is 13.5 Å². The first-order chi connectivity index (χ1) is 4.74. The zero-order valence-electron chi connectivity index (χ0n) is 6.43. The second-order valence-corrected chi connectivity index (χ2v) is 3.10. The Labute approximate surface area is 62.1 Å². The molecule has 0 bridgehead atoms. The monoisotopic (exact) mass is 138 g/mol. The Balaban J connectivity index is 2.60. The van der Waals surface area contributed by atoms with E-state index in [0.29, 0.717) is 5.92 Å². The van der Waals surface area contributed by atoms with Gasteiger partial charge in [0.05, 0.1) is 6.10 Å².